The Labute approximate surface area is 270 Å². The van der Waals surface area contributed by atoms with Crippen molar-refractivity contribution >= 4 is 47.7 Å². The lowest BCUT2D eigenvalue weighted by atomic mass is 9.75. The Morgan fingerprint density at radius 1 is 0.356 bits per heavy atom. The van der Waals surface area contributed by atoms with Gasteiger partial charge in [0.25, 0.3) is 0 Å². The first-order valence-electron chi connectivity index (χ1n) is 15.2. The molecule has 0 fully saturated rings. The molecular formula is C41H38O2P2. The van der Waals surface area contributed by atoms with Crippen molar-refractivity contribution in [2.24, 2.45) is 0 Å². The normalized spacial score (nSPS) is 11.6. The molecule has 0 saturated carbocycles. The zero-order chi connectivity index (χ0) is 30.9. The number of hydrogen-bond donors (Lipinski definition) is 0. The first-order valence-corrected chi connectivity index (χ1v) is 17.9. The van der Waals surface area contributed by atoms with Crippen molar-refractivity contribution in [3.63, 3.8) is 0 Å². The van der Waals surface area contributed by atoms with Gasteiger partial charge in [-0.15, -0.1) is 0 Å². The highest BCUT2D eigenvalue weighted by atomic mass is 31.1. The number of rotatable bonds is 12. The van der Waals surface area contributed by atoms with Gasteiger partial charge in [0, 0.05) is 14.2 Å². The predicted octanol–water partition coefficient (Wildman–Crippen LogP) is 6.78. The van der Waals surface area contributed by atoms with Crippen LogP contribution in [0, 0.1) is 0 Å². The first-order chi connectivity index (χ1) is 22.2. The first kappa shape index (κ1) is 31.1. The lowest BCUT2D eigenvalue weighted by Gasteiger charge is -2.34. The summed E-state index contributed by atoms with van der Waals surface area (Å²) in [5.41, 5.74) is 1.92. The second kappa shape index (κ2) is 14.9. The summed E-state index contributed by atoms with van der Waals surface area (Å²) >= 11 is 0. The average Bonchev–Trinajstić information content (AvgIpc) is 3.11. The van der Waals surface area contributed by atoms with E-state index in [1.165, 1.54) is 43.0 Å². The quantitative estimate of drug-likeness (QED) is 0.140. The van der Waals surface area contributed by atoms with E-state index in [2.05, 4.69) is 170 Å². The van der Waals surface area contributed by atoms with E-state index in [0.717, 1.165) is 0 Å². The van der Waals surface area contributed by atoms with Gasteiger partial charge in [0.2, 0.25) is 0 Å². The van der Waals surface area contributed by atoms with Gasteiger partial charge in [-0.3, -0.25) is 0 Å². The Morgan fingerprint density at radius 3 is 0.844 bits per heavy atom. The number of methoxy groups -OCH3 is 2. The third-order valence-electron chi connectivity index (χ3n) is 8.20. The Bertz CT molecular complexity index is 1530. The number of benzene rings is 6. The van der Waals surface area contributed by atoms with Crippen LogP contribution in [-0.2, 0) is 14.9 Å². The number of hydrogen-bond acceptors (Lipinski definition) is 2. The molecule has 4 heteroatoms. The monoisotopic (exact) mass is 624 g/mol. The summed E-state index contributed by atoms with van der Waals surface area (Å²) in [5.74, 6) is 0. The third kappa shape index (κ3) is 6.86. The molecule has 45 heavy (non-hydrogen) atoms. The van der Waals surface area contributed by atoms with Crippen molar-refractivity contribution in [2.75, 3.05) is 27.4 Å². The lowest BCUT2D eigenvalue weighted by molar-refractivity contribution is 0.0794. The number of ether oxygens (including phenoxy) is 2. The fourth-order valence-corrected chi connectivity index (χ4v) is 10.7. The molecule has 0 radical (unpaired) electrons. The van der Waals surface area contributed by atoms with Crippen LogP contribution in [0.3, 0.4) is 0 Å². The van der Waals surface area contributed by atoms with E-state index in [1.807, 2.05) is 0 Å². The molecule has 0 aliphatic carbocycles. The molecule has 0 atom stereocenters. The van der Waals surface area contributed by atoms with Crippen LogP contribution >= 0.6 is 15.8 Å². The second-order valence-corrected chi connectivity index (χ2v) is 15.5. The van der Waals surface area contributed by atoms with Crippen LogP contribution in [0.15, 0.2) is 170 Å². The van der Waals surface area contributed by atoms with Gasteiger partial charge in [0.15, 0.2) is 0 Å². The van der Waals surface area contributed by atoms with Crippen molar-refractivity contribution in [1.82, 2.24) is 0 Å². The fraction of sp³-hybridized carbons (Fsp3) is 0.122. The van der Waals surface area contributed by atoms with Gasteiger partial charge in [-0.2, -0.15) is 0 Å². The van der Waals surface area contributed by atoms with Crippen molar-refractivity contribution < 1.29 is 9.47 Å². The minimum absolute atomic E-state index is 0.453. The van der Waals surface area contributed by atoms with Crippen LogP contribution in [0.1, 0.15) is 11.1 Å². The van der Waals surface area contributed by atoms with Gasteiger partial charge in [0.05, 0.1) is 18.6 Å². The summed E-state index contributed by atoms with van der Waals surface area (Å²) in [6.07, 6.45) is 0. The molecule has 0 saturated heterocycles. The van der Waals surface area contributed by atoms with Crippen molar-refractivity contribution in [1.29, 1.82) is 0 Å². The summed E-state index contributed by atoms with van der Waals surface area (Å²) < 4.78 is 11.9. The van der Waals surface area contributed by atoms with Crippen molar-refractivity contribution in [3.8, 4) is 0 Å². The van der Waals surface area contributed by atoms with Crippen LogP contribution in [0.25, 0.3) is 0 Å². The van der Waals surface area contributed by atoms with Crippen molar-refractivity contribution in [2.45, 2.75) is 5.41 Å². The van der Waals surface area contributed by atoms with Crippen LogP contribution in [0.4, 0.5) is 0 Å². The smallest absolute Gasteiger partial charge is 0.0669 e. The molecular weight excluding hydrogens is 586 g/mol. The topological polar surface area (TPSA) is 18.5 Å². The van der Waals surface area contributed by atoms with Crippen molar-refractivity contribution in [3.05, 3.63) is 181 Å². The molecule has 0 aliphatic heterocycles. The Morgan fingerprint density at radius 2 is 0.600 bits per heavy atom. The molecule has 0 N–H and O–H groups in total. The molecule has 6 aromatic carbocycles. The summed E-state index contributed by atoms with van der Waals surface area (Å²) in [6, 6.07) is 61.7. The average molecular weight is 625 g/mol. The van der Waals surface area contributed by atoms with E-state index in [1.54, 1.807) is 14.2 Å². The highest BCUT2D eigenvalue weighted by molar-refractivity contribution is 7.80. The lowest BCUT2D eigenvalue weighted by Crippen LogP contribution is -2.38. The molecule has 0 bridgehead atoms. The third-order valence-corrected chi connectivity index (χ3v) is 13.1. The second-order valence-electron chi connectivity index (χ2n) is 11.1. The Balaban J connectivity index is 1.39. The van der Waals surface area contributed by atoms with Gasteiger partial charge < -0.3 is 9.47 Å². The largest absolute Gasteiger partial charge is 0.383 e. The molecule has 0 amide bonds. The molecule has 0 heterocycles. The predicted molar refractivity (Wildman–Crippen MR) is 195 cm³/mol. The summed E-state index contributed by atoms with van der Waals surface area (Å²) in [7, 11) is 2.20. The van der Waals surface area contributed by atoms with Gasteiger partial charge in [-0.05, 0) is 58.8 Å². The summed E-state index contributed by atoms with van der Waals surface area (Å²) in [4.78, 5) is 0. The SMILES string of the molecule is COCC(COC)(c1ccc(P(c2ccccc2)c2ccccc2)cc1)c1ccc(P(c2ccccc2)c2ccccc2)cc1. The summed E-state index contributed by atoms with van der Waals surface area (Å²) in [5, 5.41) is 8.01. The van der Waals surface area contributed by atoms with E-state index in [9.17, 15) is 0 Å². The molecule has 6 aromatic rings. The Hall–Kier alpha value is -3.90. The highest BCUT2D eigenvalue weighted by Crippen LogP contribution is 2.38. The van der Waals surface area contributed by atoms with E-state index in [0.29, 0.717) is 13.2 Å². The van der Waals surface area contributed by atoms with Crippen LogP contribution in [-0.4, -0.2) is 27.4 Å². The van der Waals surface area contributed by atoms with E-state index in [-0.39, 0.29) is 0 Å². The standard InChI is InChI=1S/C41H38O2P2/c1-42-31-41(32-43-2,33-23-27-39(28-24-33)44(35-15-7-3-8-16-35)36-17-9-4-10-18-36)34-25-29-40(30-26-34)45(37-19-11-5-12-20-37)38-21-13-6-14-22-38/h3-30H,31-32H2,1-2H3. The molecule has 6 rings (SSSR count). The molecule has 0 aromatic heterocycles. The zero-order valence-corrected chi connectivity index (χ0v) is 27.6. The maximum atomic E-state index is 5.93. The maximum Gasteiger partial charge on any atom is 0.0669 e. The van der Waals surface area contributed by atoms with E-state index in [4.69, 9.17) is 9.47 Å². The zero-order valence-electron chi connectivity index (χ0n) is 25.8. The molecule has 2 nitrogen and oxygen atoms in total. The maximum absolute atomic E-state index is 5.93. The molecule has 0 unspecified atom stereocenters. The van der Waals surface area contributed by atoms with E-state index < -0.39 is 21.3 Å². The molecule has 0 spiro atoms. The van der Waals surface area contributed by atoms with Gasteiger partial charge in [-0.25, -0.2) is 0 Å². The van der Waals surface area contributed by atoms with Gasteiger partial charge in [-0.1, -0.05) is 170 Å². The fourth-order valence-electron chi connectivity index (χ4n) is 6.10. The van der Waals surface area contributed by atoms with Crippen LogP contribution in [0.5, 0.6) is 0 Å². The Kier molecular flexibility index (Phi) is 10.3. The van der Waals surface area contributed by atoms with Crippen LogP contribution in [0.2, 0.25) is 0 Å². The molecule has 0 aliphatic rings. The summed E-state index contributed by atoms with van der Waals surface area (Å²) in [6.45, 7) is 1.02. The highest BCUT2D eigenvalue weighted by Gasteiger charge is 2.35. The van der Waals surface area contributed by atoms with E-state index >= 15 is 0 Å². The van der Waals surface area contributed by atoms with Crippen LogP contribution < -0.4 is 31.8 Å². The minimum atomic E-state index is -0.681. The van der Waals surface area contributed by atoms with Gasteiger partial charge in [0.1, 0.15) is 0 Å². The molecule has 224 valence electrons. The van der Waals surface area contributed by atoms with Gasteiger partial charge >= 0.3 is 0 Å². The minimum Gasteiger partial charge on any atom is -0.383 e.